The van der Waals surface area contributed by atoms with Crippen molar-refractivity contribution in [3.8, 4) is 0 Å². The molecule has 0 amide bonds. The van der Waals surface area contributed by atoms with E-state index >= 15 is 0 Å². The molecule has 1 radical (unpaired) electrons. The van der Waals surface area contributed by atoms with Crippen LogP contribution in [0.2, 0.25) is 0 Å². The number of benzene rings is 1. The zero-order chi connectivity index (χ0) is 12.3. The van der Waals surface area contributed by atoms with E-state index in [0.29, 0.717) is 0 Å². The Hall–Kier alpha value is -0.350. The van der Waals surface area contributed by atoms with Crippen molar-refractivity contribution in [1.82, 2.24) is 0 Å². The molecule has 0 nitrogen and oxygen atoms in total. The topological polar surface area (TPSA) is 0 Å². The van der Waals surface area contributed by atoms with Gasteiger partial charge in [0.2, 0.25) is 0 Å². The van der Waals surface area contributed by atoms with Gasteiger partial charge in [-0.05, 0) is 64.3 Å². The molecule has 2 rings (SSSR count). The molecule has 0 heterocycles. The normalized spacial score (nSPS) is 18.8. The highest BCUT2D eigenvalue weighted by Crippen LogP contribution is 2.33. The largest absolute Gasteiger partial charge is 0.0557 e. The summed E-state index contributed by atoms with van der Waals surface area (Å²) in [6.45, 7) is 6.75. The maximum atomic E-state index is 2.34. The van der Waals surface area contributed by atoms with E-state index in [-0.39, 0.29) is 0 Å². The average molecular weight is 247 g/mol. The first-order valence-electron chi connectivity index (χ1n) is 6.95. The van der Waals surface area contributed by atoms with Crippen LogP contribution in [0.15, 0.2) is 12.1 Å². The van der Waals surface area contributed by atoms with Gasteiger partial charge in [0, 0.05) is 0 Å². The summed E-state index contributed by atoms with van der Waals surface area (Å²) in [7, 11) is 1.59. The molecule has 0 atom stereocenters. The van der Waals surface area contributed by atoms with Gasteiger partial charge in [0.1, 0.15) is 0 Å². The van der Waals surface area contributed by atoms with Crippen LogP contribution < -0.4 is 5.30 Å². The van der Waals surface area contributed by atoms with Crippen molar-refractivity contribution < 1.29 is 0 Å². The van der Waals surface area contributed by atoms with Gasteiger partial charge in [-0.3, -0.25) is 0 Å². The van der Waals surface area contributed by atoms with Gasteiger partial charge in [0.25, 0.3) is 0 Å². The van der Waals surface area contributed by atoms with Crippen molar-refractivity contribution in [3.63, 3.8) is 0 Å². The Morgan fingerprint density at radius 3 is 1.94 bits per heavy atom. The highest BCUT2D eigenvalue weighted by atomic mass is 31.1. The second-order valence-electron chi connectivity index (χ2n) is 5.52. The minimum absolute atomic E-state index is 0.914. The fourth-order valence-corrected chi connectivity index (χ4v) is 4.47. The molecule has 1 saturated carbocycles. The van der Waals surface area contributed by atoms with E-state index in [1.54, 1.807) is 13.9 Å². The number of aryl methyl sites for hydroxylation is 3. The van der Waals surface area contributed by atoms with Crippen LogP contribution in [0.1, 0.15) is 55.2 Å². The first-order chi connectivity index (χ1) is 8.16. The fraction of sp³-hybridized carbons (Fsp3) is 0.625. The Labute approximate surface area is 108 Å². The zero-order valence-corrected chi connectivity index (χ0v) is 12.3. The van der Waals surface area contributed by atoms with Crippen molar-refractivity contribution in [2.24, 2.45) is 0 Å². The Morgan fingerprint density at radius 2 is 1.41 bits per heavy atom. The molecule has 1 fully saturated rings. The summed E-state index contributed by atoms with van der Waals surface area (Å²) in [6, 6.07) is 4.68. The Kier molecular flexibility index (Phi) is 4.62. The van der Waals surface area contributed by atoms with Crippen LogP contribution in [-0.2, 0) is 0 Å². The minimum Gasteiger partial charge on any atom is -0.0557 e. The number of hydrogen-bond acceptors (Lipinski definition) is 0. The first kappa shape index (κ1) is 13.1. The summed E-state index contributed by atoms with van der Waals surface area (Å²) in [5.74, 6) is 0. The van der Waals surface area contributed by atoms with E-state index < -0.39 is 0 Å². The lowest BCUT2D eigenvalue weighted by Crippen LogP contribution is -2.12. The molecule has 0 spiro atoms. The molecule has 1 heteroatoms. The van der Waals surface area contributed by atoms with Crippen molar-refractivity contribution in [2.75, 3.05) is 0 Å². The van der Waals surface area contributed by atoms with Gasteiger partial charge in [-0.2, -0.15) is 0 Å². The lowest BCUT2D eigenvalue weighted by atomic mass is 10.1. The van der Waals surface area contributed by atoms with Crippen LogP contribution in [0.4, 0.5) is 0 Å². The highest BCUT2D eigenvalue weighted by molar-refractivity contribution is 7.48. The third kappa shape index (κ3) is 3.55. The van der Waals surface area contributed by atoms with Crippen LogP contribution in [0, 0.1) is 20.8 Å². The van der Waals surface area contributed by atoms with Crippen LogP contribution in [-0.4, -0.2) is 5.66 Å². The molecule has 1 aromatic rings. The SMILES string of the molecule is Cc1cc(C)c([P]C2CCCCCC2)c(C)c1. The molecule has 0 N–H and O–H groups in total. The number of rotatable bonds is 2. The molecule has 0 aliphatic heterocycles. The Balaban J connectivity index is 2.11. The van der Waals surface area contributed by atoms with E-state index in [1.165, 1.54) is 55.2 Å². The second-order valence-corrected chi connectivity index (χ2v) is 6.96. The van der Waals surface area contributed by atoms with E-state index in [4.69, 9.17) is 0 Å². The van der Waals surface area contributed by atoms with Crippen molar-refractivity contribution in [3.05, 3.63) is 28.8 Å². The van der Waals surface area contributed by atoms with Gasteiger partial charge in [0.15, 0.2) is 0 Å². The van der Waals surface area contributed by atoms with Crippen LogP contribution >= 0.6 is 8.58 Å². The van der Waals surface area contributed by atoms with Crippen LogP contribution in [0.25, 0.3) is 0 Å². The lowest BCUT2D eigenvalue weighted by molar-refractivity contribution is 0.702. The van der Waals surface area contributed by atoms with Crippen molar-refractivity contribution in [2.45, 2.75) is 65.0 Å². The summed E-state index contributed by atoms with van der Waals surface area (Å²) in [4.78, 5) is 0. The predicted octanol–water partition coefficient (Wildman–Crippen LogP) is 4.91. The summed E-state index contributed by atoms with van der Waals surface area (Å²) in [5, 5.41) is 1.60. The van der Waals surface area contributed by atoms with E-state index in [9.17, 15) is 0 Å². The second kappa shape index (κ2) is 6.01. The van der Waals surface area contributed by atoms with Crippen molar-refractivity contribution in [1.29, 1.82) is 0 Å². The molecule has 17 heavy (non-hydrogen) atoms. The molecular formula is C16H24P. The quantitative estimate of drug-likeness (QED) is 0.514. The zero-order valence-electron chi connectivity index (χ0n) is 11.4. The Bertz CT molecular complexity index is 350. The summed E-state index contributed by atoms with van der Waals surface area (Å²) in [6.07, 6.45) is 8.68. The third-order valence-corrected chi connectivity index (χ3v) is 5.62. The highest BCUT2D eigenvalue weighted by Gasteiger charge is 2.15. The molecule has 1 aliphatic rings. The molecule has 93 valence electrons. The van der Waals surface area contributed by atoms with Gasteiger partial charge < -0.3 is 0 Å². The smallest absolute Gasteiger partial charge is 0.0127 e. The van der Waals surface area contributed by atoms with E-state index in [1.807, 2.05) is 0 Å². The minimum atomic E-state index is 0.914. The van der Waals surface area contributed by atoms with Gasteiger partial charge in [-0.1, -0.05) is 43.4 Å². The summed E-state index contributed by atoms with van der Waals surface area (Å²) >= 11 is 0. The molecule has 1 aromatic carbocycles. The molecular weight excluding hydrogens is 223 g/mol. The molecule has 0 unspecified atom stereocenters. The molecule has 1 aliphatic carbocycles. The summed E-state index contributed by atoms with van der Waals surface area (Å²) in [5.41, 5.74) is 5.30. The molecule has 0 aromatic heterocycles. The molecule has 0 saturated heterocycles. The van der Waals surface area contributed by atoms with Gasteiger partial charge >= 0.3 is 0 Å². The maximum Gasteiger partial charge on any atom is -0.0127 e. The molecule has 0 bridgehead atoms. The van der Waals surface area contributed by atoms with E-state index in [2.05, 4.69) is 32.9 Å². The third-order valence-electron chi connectivity index (χ3n) is 3.77. The lowest BCUT2D eigenvalue weighted by Gasteiger charge is -2.17. The number of hydrogen-bond donors (Lipinski definition) is 0. The predicted molar refractivity (Wildman–Crippen MR) is 78.7 cm³/mol. The average Bonchev–Trinajstić information content (AvgIpc) is 2.51. The van der Waals surface area contributed by atoms with Crippen LogP contribution in [0.3, 0.4) is 0 Å². The van der Waals surface area contributed by atoms with Gasteiger partial charge in [0.05, 0.1) is 0 Å². The first-order valence-corrected chi connectivity index (χ1v) is 7.92. The van der Waals surface area contributed by atoms with E-state index in [0.717, 1.165) is 5.66 Å². The Morgan fingerprint density at radius 1 is 0.882 bits per heavy atom. The fourth-order valence-electron chi connectivity index (χ4n) is 2.95. The summed E-state index contributed by atoms with van der Waals surface area (Å²) < 4.78 is 0. The monoisotopic (exact) mass is 247 g/mol. The maximum absolute atomic E-state index is 2.34. The van der Waals surface area contributed by atoms with Crippen molar-refractivity contribution >= 4 is 13.9 Å². The standard InChI is InChI=1S/C16H24P/c1-12-10-13(2)16(14(3)11-12)17-15-8-6-4-5-7-9-15/h10-11,15H,4-9H2,1-3H3. The van der Waals surface area contributed by atoms with Gasteiger partial charge in [-0.15, -0.1) is 0 Å². The van der Waals surface area contributed by atoms with Crippen LogP contribution in [0.5, 0.6) is 0 Å². The van der Waals surface area contributed by atoms with Gasteiger partial charge in [-0.25, -0.2) is 0 Å².